The minimum Gasteiger partial charge on any atom is -0.481 e. The van der Waals surface area contributed by atoms with Gasteiger partial charge >= 0.3 is 12.1 Å². The van der Waals surface area contributed by atoms with Crippen molar-refractivity contribution in [3.63, 3.8) is 0 Å². The highest BCUT2D eigenvalue weighted by molar-refractivity contribution is 6.30. The van der Waals surface area contributed by atoms with E-state index in [1.165, 1.54) is 36.4 Å². The molecule has 2 bridgehead atoms. The van der Waals surface area contributed by atoms with Gasteiger partial charge in [0.25, 0.3) is 0 Å². The number of alkyl halides is 4. The van der Waals surface area contributed by atoms with Crippen LogP contribution in [0.5, 0.6) is 0 Å². The summed E-state index contributed by atoms with van der Waals surface area (Å²) in [6.45, 7) is 0.865. The minimum absolute atomic E-state index is 0.0548. The van der Waals surface area contributed by atoms with Gasteiger partial charge in [0.15, 0.2) is 0 Å². The number of benzene rings is 2. The van der Waals surface area contributed by atoms with Crippen LogP contribution in [0.2, 0.25) is 5.02 Å². The van der Waals surface area contributed by atoms with Crippen LogP contribution in [0.15, 0.2) is 42.5 Å². The number of aliphatic carboxylic acids is 1. The molecule has 0 saturated heterocycles. The van der Waals surface area contributed by atoms with Crippen LogP contribution < -0.4 is 5.32 Å². The Kier molecular flexibility index (Phi) is 6.36. The van der Waals surface area contributed by atoms with Crippen molar-refractivity contribution in [2.75, 3.05) is 5.32 Å². The van der Waals surface area contributed by atoms with Crippen LogP contribution in [-0.4, -0.2) is 28.8 Å². The van der Waals surface area contributed by atoms with Crippen molar-refractivity contribution in [3.8, 4) is 0 Å². The molecule has 0 radical (unpaired) electrons. The highest BCUT2D eigenvalue weighted by Gasteiger charge is 2.71. The third-order valence-electron chi connectivity index (χ3n) is 7.30. The molecule has 2 N–H and O–H groups in total. The monoisotopic (exact) mass is 515 g/mol. The van der Waals surface area contributed by atoms with E-state index in [9.17, 15) is 36.6 Å². The molecule has 3 atom stereocenters. The Morgan fingerprint density at radius 3 is 2.17 bits per heavy atom. The SMILES string of the molecule is C[C@H]([C@H](C(=O)Nc1cc(C(CC(=O)O)C23CC(F)(C2)C3)ccc1F)c1ccc(Cl)cc1)C(F)(F)F. The topological polar surface area (TPSA) is 66.4 Å². The Labute approximate surface area is 203 Å². The third kappa shape index (κ3) is 4.87. The van der Waals surface area contributed by atoms with Crippen LogP contribution in [0, 0.1) is 17.2 Å². The molecule has 2 aromatic rings. The van der Waals surface area contributed by atoms with E-state index in [0.29, 0.717) is 5.56 Å². The number of rotatable bonds is 8. The second-order valence-corrected chi connectivity index (χ2v) is 10.2. The van der Waals surface area contributed by atoms with Gasteiger partial charge < -0.3 is 10.4 Å². The average Bonchev–Trinajstić information content (AvgIpc) is 2.71. The number of carbonyl (C=O) groups is 2. The van der Waals surface area contributed by atoms with Gasteiger partial charge in [0.2, 0.25) is 5.91 Å². The summed E-state index contributed by atoms with van der Waals surface area (Å²) in [5, 5.41) is 11.9. The van der Waals surface area contributed by atoms with Crippen LogP contribution in [0.4, 0.5) is 27.6 Å². The average molecular weight is 516 g/mol. The van der Waals surface area contributed by atoms with Crippen molar-refractivity contribution < 1.29 is 36.6 Å². The Hall–Kier alpha value is -2.68. The Bertz CT molecular complexity index is 1130. The van der Waals surface area contributed by atoms with E-state index in [-0.39, 0.29) is 42.0 Å². The van der Waals surface area contributed by atoms with E-state index in [2.05, 4.69) is 5.32 Å². The van der Waals surface area contributed by atoms with Gasteiger partial charge in [-0.25, -0.2) is 8.78 Å². The molecule has 0 spiro atoms. The zero-order valence-electron chi connectivity index (χ0n) is 18.6. The number of carboxylic acid groups (broad SMARTS) is 1. The molecule has 3 aliphatic carbocycles. The van der Waals surface area contributed by atoms with Crippen molar-refractivity contribution in [1.29, 1.82) is 0 Å². The van der Waals surface area contributed by atoms with Gasteiger partial charge in [0.1, 0.15) is 11.5 Å². The first-order valence-corrected chi connectivity index (χ1v) is 11.4. The van der Waals surface area contributed by atoms with Crippen molar-refractivity contribution in [2.45, 2.75) is 56.3 Å². The fraction of sp³-hybridized carbons (Fsp3) is 0.440. The maximum Gasteiger partial charge on any atom is 0.392 e. The Morgan fingerprint density at radius 1 is 1.09 bits per heavy atom. The molecule has 2 aromatic carbocycles. The summed E-state index contributed by atoms with van der Waals surface area (Å²) in [6, 6.07) is 8.97. The first-order valence-electron chi connectivity index (χ1n) is 11.1. The molecule has 3 saturated carbocycles. The second-order valence-electron chi connectivity index (χ2n) is 9.78. The van der Waals surface area contributed by atoms with Crippen molar-refractivity contribution in [2.24, 2.45) is 11.3 Å². The molecule has 1 unspecified atom stereocenters. The number of nitrogens with one attached hydrogen (secondary N) is 1. The number of amides is 1. The van der Waals surface area contributed by atoms with Crippen LogP contribution in [0.25, 0.3) is 0 Å². The summed E-state index contributed by atoms with van der Waals surface area (Å²) in [7, 11) is 0. The normalized spacial score (nSPS) is 25.6. The zero-order valence-corrected chi connectivity index (χ0v) is 19.4. The Morgan fingerprint density at radius 2 is 1.66 bits per heavy atom. The van der Waals surface area contributed by atoms with Gasteiger partial charge in [-0.2, -0.15) is 13.2 Å². The highest BCUT2D eigenvalue weighted by Crippen LogP contribution is 2.75. The summed E-state index contributed by atoms with van der Waals surface area (Å²) in [6.07, 6.45) is -4.40. The largest absolute Gasteiger partial charge is 0.481 e. The molecule has 0 aliphatic heterocycles. The molecule has 5 rings (SSSR count). The van der Waals surface area contributed by atoms with E-state index in [4.69, 9.17) is 11.6 Å². The van der Waals surface area contributed by atoms with Gasteiger partial charge in [-0.1, -0.05) is 36.7 Å². The number of carbonyl (C=O) groups excluding carboxylic acids is 1. The van der Waals surface area contributed by atoms with Crippen molar-refractivity contribution >= 4 is 29.2 Å². The second kappa shape index (κ2) is 8.76. The first-order chi connectivity index (χ1) is 16.2. The van der Waals surface area contributed by atoms with Gasteiger partial charge in [-0.3, -0.25) is 9.59 Å². The highest BCUT2D eigenvalue weighted by atomic mass is 35.5. The third-order valence-corrected chi connectivity index (χ3v) is 7.56. The molecule has 3 fully saturated rings. The molecule has 35 heavy (non-hydrogen) atoms. The lowest BCUT2D eigenvalue weighted by atomic mass is 9.37. The fourth-order valence-corrected chi connectivity index (χ4v) is 5.69. The lowest BCUT2D eigenvalue weighted by molar-refractivity contribution is -0.228. The summed E-state index contributed by atoms with van der Waals surface area (Å²) in [5.74, 6) is -7.45. The Balaban J connectivity index is 1.64. The number of hydrogen-bond acceptors (Lipinski definition) is 2. The number of halogens is 6. The fourth-order valence-electron chi connectivity index (χ4n) is 5.56. The van der Waals surface area contributed by atoms with E-state index in [0.717, 1.165) is 13.0 Å². The summed E-state index contributed by atoms with van der Waals surface area (Å²) < 4.78 is 69.5. The predicted molar refractivity (Wildman–Crippen MR) is 120 cm³/mol. The van der Waals surface area contributed by atoms with E-state index >= 15 is 0 Å². The standard InChI is InChI=1S/C25H23ClF5NO3/c1-13(25(29,30)31)21(14-2-5-16(26)6-3-14)22(35)32-19-8-15(4-7-18(19)27)17(9-20(33)34)23-10-24(28,11-23)12-23/h2-8,13,17,21H,9-12H2,1H3,(H,32,35)(H,33,34)/t13-,17?,21+,23?,24?/m1/s1. The molecule has 4 nitrogen and oxygen atoms in total. The quantitative estimate of drug-likeness (QED) is 0.378. The van der Waals surface area contributed by atoms with Crippen molar-refractivity contribution in [3.05, 3.63) is 64.4 Å². The molecule has 0 heterocycles. The zero-order chi connectivity index (χ0) is 25.8. The van der Waals surface area contributed by atoms with Crippen LogP contribution >= 0.6 is 11.6 Å². The van der Waals surface area contributed by atoms with Gasteiger partial charge in [0, 0.05) is 10.9 Å². The minimum atomic E-state index is -4.71. The predicted octanol–water partition coefficient (Wildman–Crippen LogP) is 6.85. The van der Waals surface area contributed by atoms with Gasteiger partial charge in [0.05, 0.1) is 23.9 Å². The number of carboxylic acids is 1. The van der Waals surface area contributed by atoms with E-state index < -0.39 is 52.7 Å². The summed E-state index contributed by atoms with van der Waals surface area (Å²) in [5.41, 5.74) is -1.76. The van der Waals surface area contributed by atoms with Crippen LogP contribution in [-0.2, 0) is 9.59 Å². The van der Waals surface area contributed by atoms with Crippen molar-refractivity contribution in [1.82, 2.24) is 0 Å². The van der Waals surface area contributed by atoms with Gasteiger partial charge in [-0.15, -0.1) is 0 Å². The maximum atomic E-state index is 14.6. The molecule has 10 heteroatoms. The maximum absolute atomic E-state index is 14.6. The number of anilines is 1. The summed E-state index contributed by atoms with van der Waals surface area (Å²) in [4.78, 5) is 24.5. The molecule has 1 amide bonds. The van der Waals surface area contributed by atoms with E-state index in [1.54, 1.807) is 0 Å². The molecule has 0 aromatic heterocycles. The lowest BCUT2D eigenvalue weighted by Crippen LogP contribution is -2.66. The molecular weight excluding hydrogens is 493 g/mol. The molecular formula is C25H23ClF5NO3. The van der Waals surface area contributed by atoms with Crippen LogP contribution in [0.1, 0.15) is 55.6 Å². The van der Waals surface area contributed by atoms with Gasteiger partial charge in [-0.05, 0) is 60.1 Å². The van der Waals surface area contributed by atoms with E-state index in [1.807, 2.05) is 0 Å². The lowest BCUT2D eigenvalue weighted by Gasteiger charge is -2.69. The first kappa shape index (κ1) is 25.4. The molecule has 188 valence electrons. The van der Waals surface area contributed by atoms with Crippen LogP contribution in [0.3, 0.4) is 0 Å². The smallest absolute Gasteiger partial charge is 0.392 e. The number of hydrogen-bond donors (Lipinski definition) is 2. The molecule has 3 aliphatic rings. The summed E-state index contributed by atoms with van der Waals surface area (Å²) >= 11 is 5.83.